The highest BCUT2D eigenvalue weighted by molar-refractivity contribution is 5.98. The Balaban J connectivity index is 1.20. The van der Waals surface area contributed by atoms with Crippen molar-refractivity contribution in [3.8, 4) is 33.4 Å². The van der Waals surface area contributed by atoms with Crippen molar-refractivity contribution in [3.05, 3.63) is 211 Å². The van der Waals surface area contributed by atoms with Crippen LogP contribution in [0.25, 0.3) is 44.2 Å². The molecule has 0 saturated heterocycles. The molecule has 0 aromatic heterocycles. The summed E-state index contributed by atoms with van der Waals surface area (Å²) in [7, 11) is 0. The van der Waals surface area contributed by atoms with Gasteiger partial charge in [0, 0.05) is 23.0 Å². The van der Waals surface area contributed by atoms with E-state index in [4.69, 9.17) is 0 Å². The first-order valence-corrected chi connectivity index (χ1v) is 16.6. The number of benzene rings is 8. The van der Waals surface area contributed by atoms with E-state index in [1.54, 1.807) is 0 Å². The number of hydrogen-bond donors (Lipinski definition) is 0. The van der Waals surface area contributed by atoms with Crippen molar-refractivity contribution in [2.45, 2.75) is 5.92 Å². The van der Waals surface area contributed by atoms with Gasteiger partial charge in [-0.3, -0.25) is 0 Å². The van der Waals surface area contributed by atoms with E-state index in [-0.39, 0.29) is 5.92 Å². The lowest BCUT2D eigenvalue weighted by molar-refractivity contribution is 1.02. The Labute approximate surface area is 282 Å². The van der Waals surface area contributed by atoms with Gasteiger partial charge in [-0.1, -0.05) is 158 Å². The van der Waals surface area contributed by atoms with E-state index in [2.05, 4.69) is 199 Å². The molecule has 0 spiro atoms. The van der Waals surface area contributed by atoms with Crippen LogP contribution in [0, 0.1) is 0 Å². The van der Waals surface area contributed by atoms with Gasteiger partial charge in [0.1, 0.15) is 0 Å². The van der Waals surface area contributed by atoms with Crippen molar-refractivity contribution in [1.82, 2.24) is 0 Å². The number of rotatable bonds is 6. The quantitative estimate of drug-likeness (QED) is 0.181. The zero-order chi connectivity index (χ0) is 31.9. The van der Waals surface area contributed by atoms with E-state index < -0.39 is 0 Å². The normalized spacial score (nSPS) is 13.2. The minimum Gasteiger partial charge on any atom is -0.310 e. The Kier molecular flexibility index (Phi) is 6.95. The Hall–Kier alpha value is -6.18. The van der Waals surface area contributed by atoms with Gasteiger partial charge in [-0.05, 0) is 97.2 Å². The van der Waals surface area contributed by atoms with Crippen LogP contribution in [-0.2, 0) is 0 Å². The summed E-state index contributed by atoms with van der Waals surface area (Å²) >= 11 is 0. The summed E-state index contributed by atoms with van der Waals surface area (Å²) in [4.78, 5) is 2.40. The van der Waals surface area contributed by atoms with Gasteiger partial charge in [0.05, 0.1) is 0 Å². The highest BCUT2D eigenvalue weighted by Gasteiger charge is 2.32. The van der Waals surface area contributed by atoms with E-state index in [0.29, 0.717) is 0 Å². The largest absolute Gasteiger partial charge is 0.310 e. The molecule has 1 atom stereocenters. The van der Waals surface area contributed by atoms with Crippen LogP contribution in [-0.4, -0.2) is 0 Å². The molecule has 0 fully saturated rings. The Morgan fingerprint density at radius 2 is 0.833 bits per heavy atom. The lowest BCUT2D eigenvalue weighted by Gasteiger charge is -2.27. The number of nitrogens with zero attached hydrogens (tertiary/aromatic N) is 1. The van der Waals surface area contributed by atoms with E-state index in [9.17, 15) is 0 Å². The summed E-state index contributed by atoms with van der Waals surface area (Å²) in [6.45, 7) is 0. The van der Waals surface area contributed by atoms with Crippen LogP contribution in [0.1, 0.15) is 22.6 Å². The van der Waals surface area contributed by atoms with Crippen LogP contribution in [0.15, 0.2) is 194 Å². The van der Waals surface area contributed by atoms with E-state index >= 15 is 0 Å². The average molecular weight is 612 g/mol. The SMILES string of the molecule is c1ccc(-c2ccc(N(c3ccc(-c4ccccc4)cc3)c3ccc4c(c3)C(c3ccccc3)c3c-4ccc4ccccc34)cc2)cc1. The van der Waals surface area contributed by atoms with E-state index in [1.807, 2.05) is 0 Å². The molecule has 8 aromatic carbocycles. The molecule has 0 amide bonds. The third kappa shape index (κ3) is 4.89. The molecule has 8 aromatic rings. The van der Waals surface area contributed by atoms with E-state index in [1.165, 1.54) is 60.8 Å². The first kappa shape index (κ1) is 28.1. The van der Waals surface area contributed by atoms with Gasteiger partial charge in [0.2, 0.25) is 0 Å². The fourth-order valence-corrected chi connectivity index (χ4v) is 7.48. The molecule has 1 heteroatoms. The molecule has 226 valence electrons. The van der Waals surface area contributed by atoms with Crippen LogP contribution in [0.3, 0.4) is 0 Å². The van der Waals surface area contributed by atoms with Crippen molar-refractivity contribution in [1.29, 1.82) is 0 Å². The smallest absolute Gasteiger partial charge is 0.0465 e. The molecule has 0 heterocycles. The van der Waals surface area contributed by atoms with E-state index in [0.717, 1.165) is 17.1 Å². The molecule has 0 radical (unpaired) electrons. The fourth-order valence-electron chi connectivity index (χ4n) is 7.48. The van der Waals surface area contributed by atoms with Crippen LogP contribution >= 0.6 is 0 Å². The molecular formula is C47H33N. The molecular weight excluding hydrogens is 579 g/mol. The monoisotopic (exact) mass is 611 g/mol. The predicted molar refractivity (Wildman–Crippen MR) is 202 cm³/mol. The zero-order valence-electron chi connectivity index (χ0n) is 26.5. The van der Waals surface area contributed by atoms with Gasteiger partial charge >= 0.3 is 0 Å². The number of hydrogen-bond acceptors (Lipinski definition) is 1. The van der Waals surface area contributed by atoms with Crippen molar-refractivity contribution in [3.63, 3.8) is 0 Å². The molecule has 1 aliphatic rings. The summed E-state index contributed by atoms with van der Waals surface area (Å²) in [6.07, 6.45) is 0. The third-order valence-electron chi connectivity index (χ3n) is 9.75. The van der Waals surface area contributed by atoms with Gasteiger partial charge in [0.25, 0.3) is 0 Å². The summed E-state index contributed by atoms with van der Waals surface area (Å²) in [5, 5.41) is 2.61. The Morgan fingerprint density at radius 1 is 0.354 bits per heavy atom. The number of fused-ring (bicyclic) bond motifs is 5. The van der Waals surface area contributed by atoms with Crippen LogP contribution in [0.5, 0.6) is 0 Å². The second-order valence-electron chi connectivity index (χ2n) is 12.5. The Bertz CT molecular complexity index is 2280. The molecule has 0 bridgehead atoms. The predicted octanol–water partition coefficient (Wildman–Crippen LogP) is 12.8. The first-order chi connectivity index (χ1) is 23.8. The first-order valence-electron chi connectivity index (χ1n) is 16.6. The molecule has 1 nitrogen and oxygen atoms in total. The molecule has 1 unspecified atom stereocenters. The van der Waals surface area contributed by atoms with Crippen LogP contribution in [0.2, 0.25) is 0 Å². The Morgan fingerprint density at radius 3 is 1.44 bits per heavy atom. The molecule has 0 saturated carbocycles. The molecule has 0 N–H and O–H groups in total. The van der Waals surface area contributed by atoms with Gasteiger partial charge in [-0.2, -0.15) is 0 Å². The van der Waals surface area contributed by atoms with Crippen molar-refractivity contribution >= 4 is 27.8 Å². The third-order valence-corrected chi connectivity index (χ3v) is 9.75. The summed E-state index contributed by atoms with van der Waals surface area (Å²) < 4.78 is 0. The van der Waals surface area contributed by atoms with Crippen molar-refractivity contribution in [2.75, 3.05) is 4.90 Å². The minimum absolute atomic E-state index is 0.144. The second-order valence-corrected chi connectivity index (χ2v) is 12.5. The maximum Gasteiger partial charge on any atom is 0.0465 e. The van der Waals surface area contributed by atoms with Gasteiger partial charge in [-0.15, -0.1) is 0 Å². The molecule has 9 rings (SSSR count). The van der Waals surface area contributed by atoms with Gasteiger partial charge in [0.15, 0.2) is 0 Å². The number of anilines is 3. The minimum atomic E-state index is 0.144. The second kappa shape index (κ2) is 11.9. The van der Waals surface area contributed by atoms with Crippen LogP contribution < -0.4 is 4.90 Å². The highest BCUT2D eigenvalue weighted by atomic mass is 15.1. The maximum atomic E-state index is 2.43. The summed E-state index contributed by atoms with van der Waals surface area (Å²) in [5.74, 6) is 0.144. The lowest BCUT2D eigenvalue weighted by Crippen LogP contribution is -2.11. The zero-order valence-corrected chi connectivity index (χ0v) is 26.5. The topological polar surface area (TPSA) is 3.24 Å². The maximum absolute atomic E-state index is 2.43. The lowest BCUT2D eigenvalue weighted by atomic mass is 9.86. The van der Waals surface area contributed by atoms with Gasteiger partial charge < -0.3 is 4.90 Å². The average Bonchev–Trinajstić information content (AvgIpc) is 3.51. The van der Waals surface area contributed by atoms with Crippen molar-refractivity contribution < 1.29 is 0 Å². The summed E-state index contributed by atoms with van der Waals surface area (Å²) in [5.41, 5.74) is 14.9. The fraction of sp³-hybridized carbons (Fsp3) is 0.0213. The standard InChI is InChI=1S/C47H33N/c1-4-12-33(13-5-1)35-20-25-39(26-21-35)48(40-27-22-36(23-28-40)34-14-6-2-7-15-34)41-29-31-43-44-30-24-37-16-10-11-19-42(37)47(44)46(45(43)32-41)38-17-8-3-9-18-38/h1-32,46H. The van der Waals surface area contributed by atoms with Crippen LogP contribution in [0.4, 0.5) is 17.1 Å². The molecule has 1 aliphatic carbocycles. The van der Waals surface area contributed by atoms with Crippen molar-refractivity contribution in [2.24, 2.45) is 0 Å². The molecule has 48 heavy (non-hydrogen) atoms. The molecule has 0 aliphatic heterocycles. The summed E-state index contributed by atoms with van der Waals surface area (Å²) in [6, 6.07) is 70.6. The van der Waals surface area contributed by atoms with Gasteiger partial charge in [-0.25, -0.2) is 0 Å². The highest BCUT2D eigenvalue weighted by Crippen LogP contribution is 2.52.